The van der Waals surface area contributed by atoms with E-state index < -0.39 is 11.2 Å². The van der Waals surface area contributed by atoms with E-state index in [1.807, 2.05) is 6.21 Å². The summed E-state index contributed by atoms with van der Waals surface area (Å²) >= 11 is -1.05. The molecule has 3 nitrogen and oxygen atoms in total. The number of hydrogen-bond donors (Lipinski definition) is 0. The summed E-state index contributed by atoms with van der Waals surface area (Å²) in [7, 11) is 0. The third-order valence-corrected chi connectivity index (χ3v) is 4.05. The third-order valence-electron chi connectivity index (χ3n) is 3.20. The molecule has 4 heteroatoms. The molecule has 3 atom stereocenters. The molecular formula is C11H17NO2S. The standard InChI is InChI=1S/C11H17NO2S/c1-8-9-4-3-7-14-10(8)11(15(2)13)12-6-5-9/h6,8-9H,3-5,7H2,1-2H3. The monoisotopic (exact) mass is 227 g/mol. The Morgan fingerprint density at radius 2 is 2.40 bits per heavy atom. The molecule has 84 valence electrons. The van der Waals surface area contributed by atoms with Crippen molar-refractivity contribution in [3.05, 3.63) is 10.8 Å². The number of fused-ring (bicyclic) bond motifs is 2. The second kappa shape index (κ2) is 4.58. The summed E-state index contributed by atoms with van der Waals surface area (Å²) < 4.78 is 17.3. The molecule has 2 heterocycles. The Bertz CT molecular complexity index is 299. The fraction of sp³-hybridized carbons (Fsp3) is 0.727. The smallest absolute Gasteiger partial charge is 0.282 e. The van der Waals surface area contributed by atoms with Crippen molar-refractivity contribution in [2.75, 3.05) is 12.9 Å². The summed E-state index contributed by atoms with van der Waals surface area (Å²) in [6.07, 6.45) is 6.82. The van der Waals surface area contributed by atoms with Gasteiger partial charge < -0.3 is 9.29 Å². The summed E-state index contributed by atoms with van der Waals surface area (Å²) in [5.41, 5.74) is 0. The molecule has 1 fully saturated rings. The van der Waals surface area contributed by atoms with Crippen molar-refractivity contribution < 1.29 is 9.29 Å². The molecule has 0 N–H and O–H groups in total. The summed E-state index contributed by atoms with van der Waals surface area (Å²) in [6, 6.07) is 0. The van der Waals surface area contributed by atoms with Gasteiger partial charge in [-0.1, -0.05) is 6.92 Å². The van der Waals surface area contributed by atoms with E-state index in [0.717, 1.165) is 25.2 Å². The van der Waals surface area contributed by atoms with E-state index in [2.05, 4.69) is 11.9 Å². The highest BCUT2D eigenvalue weighted by Crippen LogP contribution is 2.36. The maximum Gasteiger partial charge on any atom is 0.282 e. The van der Waals surface area contributed by atoms with Crippen LogP contribution in [0.4, 0.5) is 0 Å². The van der Waals surface area contributed by atoms with Crippen LogP contribution in [0.25, 0.3) is 0 Å². The predicted octanol–water partition coefficient (Wildman–Crippen LogP) is 2.07. The maximum absolute atomic E-state index is 11.6. The van der Waals surface area contributed by atoms with Gasteiger partial charge in [0, 0.05) is 23.3 Å². The van der Waals surface area contributed by atoms with Gasteiger partial charge in [-0.3, -0.25) is 0 Å². The Morgan fingerprint density at radius 1 is 1.60 bits per heavy atom. The normalized spacial score (nSPS) is 33.0. The van der Waals surface area contributed by atoms with Gasteiger partial charge in [-0.15, -0.1) is 0 Å². The van der Waals surface area contributed by atoms with E-state index in [9.17, 15) is 4.55 Å². The average Bonchev–Trinajstić information content (AvgIpc) is 2.47. The summed E-state index contributed by atoms with van der Waals surface area (Å²) in [5, 5.41) is 0.645. The second-order valence-electron chi connectivity index (χ2n) is 4.21. The highest BCUT2D eigenvalue weighted by atomic mass is 32.2. The molecule has 3 unspecified atom stereocenters. The van der Waals surface area contributed by atoms with Crippen LogP contribution in [0, 0.1) is 11.8 Å². The van der Waals surface area contributed by atoms with Gasteiger partial charge in [0.15, 0.2) is 5.76 Å². The molecule has 2 rings (SSSR count). The average molecular weight is 227 g/mol. The first-order valence-corrected chi connectivity index (χ1v) is 6.99. The predicted molar refractivity (Wildman–Crippen MR) is 62.0 cm³/mol. The quantitative estimate of drug-likeness (QED) is 0.644. The van der Waals surface area contributed by atoms with Gasteiger partial charge in [0.2, 0.25) is 0 Å². The van der Waals surface area contributed by atoms with Crippen LogP contribution in [-0.4, -0.2) is 23.6 Å². The summed E-state index contributed by atoms with van der Waals surface area (Å²) in [4.78, 5) is 4.29. The van der Waals surface area contributed by atoms with Crippen LogP contribution in [0.3, 0.4) is 0 Å². The summed E-state index contributed by atoms with van der Waals surface area (Å²) in [5.74, 6) is 1.83. The topological polar surface area (TPSA) is 44.7 Å². The lowest BCUT2D eigenvalue weighted by atomic mass is 9.87. The van der Waals surface area contributed by atoms with Crippen LogP contribution >= 0.6 is 0 Å². The zero-order valence-corrected chi connectivity index (χ0v) is 10.0. The van der Waals surface area contributed by atoms with Crippen molar-refractivity contribution >= 4 is 17.4 Å². The van der Waals surface area contributed by atoms with Crippen molar-refractivity contribution in [2.24, 2.45) is 16.8 Å². The van der Waals surface area contributed by atoms with E-state index in [1.54, 1.807) is 6.26 Å². The van der Waals surface area contributed by atoms with Gasteiger partial charge in [-0.2, -0.15) is 0 Å². The van der Waals surface area contributed by atoms with Crippen LogP contribution in [0.5, 0.6) is 0 Å². The van der Waals surface area contributed by atoms with Crippen LogP contribution in [-0.2, 0) is 15.9 Å². The SMILES string of the molecule is CC1C2=C([S+](C)[O-])N=CCC1CCCO2. The number of hydrogen-bond acceptors (Lipinski definition) is 3. The minimum Gasteiger partial charge on any atom is -0.610 e. The van der Waals surface area contributed by atoms with Gasteiger partial charge in [0.05, 0.1) is 6.61 Å². The van der Waals surface area contributed by atoms with Gasteiger partial charge in [0.25, 0.3) is 5.03 Å². The van der Waals surface area contributed by atoms with Gasteiger partial charge in [0.1, 0.15) is 6.26 Å². The first-order chi connectivity index (χ1) is 7.20. The molecule has 15 heavy (non-hydrogen) atoms. The molecule has 2 bridgehead atoms. The first-order valence-electron chi connectivity index (χ1n) is 5.43. The Labute approximate surface area is 93.8 Å². The molecule has 0 aliphatic carbocycles. The number of rotatable bonds is 1. The third kappa shape index (κ3) is 2.21. The molecule has 1 saturated heterocycles. The van der Waals surface area contributed by atoms with E-state index in [1.165, 1.54) is 6.42 Å². The zero-order chi connectivity index (χ0) is 10.8. The highest BCUT2D eigenvalue weighted by Gasteiger charge is 2.32. The Hall–Kier alpha value is -0.480. The molecule has 0 aromatic carbocycles. The van der Waals surface area contributed by atoms with Crippen LogP contribution in [0.15, 0.2) is 15.8 Å². The molecule has 0 saturated carbocycles. The van der Waals surface area contributed by atoms with Crippen molar-refractivity contribution in [1.29, 1.82) is 0 Å². The van der Waals surface area contributed by atoms with Crippen LogP contribution in [0.1, 0.15) is 26.2 Å². The molecular weight excluding hydrogens is 210 g/mol. The van der Waals surface area contributed by atoms with Gasteiger partial charge in [-0.05, 0) is 25.2 Å². The van der Waals surface area contributed by atoms with Crippen molar-refractivity contribution in [3.63, 3.8) is 0 Å². The lowest BCUT2D eigenvalue weighted by Gasteiger charge is -2.19. The first kappa shape index (κ1) is 11.0. The molecule has 0 amide bonds. The minimum atomic E-state index is -1.05. The van der Waals surface area contributed by atoms with E-state index >= 15 is 0 Å². The molecule has 0 aromatic heterocycles. The van der Waals surface area contributed by atoms with E-state index in [4.69, 9.17) is 4.74 Å². The van der Waals surface area contributed by atoms with Crippen LogP contribution < -0.4 is 0 Å². The van der Waals surface area contributed by atoms with Crippen molar-refractivity contribution in [3.8, 4) is 0 Å². The van der Waals surface area contributed by atoms with E-state index in [-0.39, 0.29) is 0 Å². The zero-order valence-electron chi connectivity index (χ0n) is 9.23. The fourth-order valence-corrected chi connectivity index (χ4v) is 3.00. The Balaban J connectivity index is 2.38. The second-order valence-corrected chi connectivity index (χ2v) is 5.51. The highest BCUT2D eigenvalue weighted by molar-refractivity contribution is 7.94. The van der Waals surface area contributed by atoms with Crippen molar-refractivity contribution in [1.82, 2.24) is 0 Å². The number of ether oxygens (including phenoxy) is 1. The largest absolute Gasteiger partial charge is 0.610 e. The number of nitrogens with zero attached hydrogens (tertiary/aromatic N) is 1. The Kier molecular flexibility index (Phi) is 3.36. The lowest BCUT2D eigenvalue weighted by Crippen LogP contribution is -2.14. The van der Waals surface area contributed by atoms with Crippen LogP contribution in [0.2, 0.25) is 0 Å². The van der Waals surface area contributed by atoms with E-state index in [0.29, 0.717) is 16.9 Å². The Morgan fingerprint density at radius 3 is 3.13 bits per heavy atom. The van der Waals surface area contributed by atoms with Crippen molar-refractivity contribution in [2.45, 2.75) is 26.2 Å². The van der Waals surface area contributed by atoms with Gasteiger partial charge in [-0.25, -0.2) is 4.99 Å². The summed E-state index contributed by atoms with van der Waals surface area (Å²) in [6.45, 7) is 2.90. The number of allylic oxidation sites excluding steroid dienone is 1. The molecule has 0 radical (unpaired) electrons. The molecule has 0 spiro atoms. The molecule has 0 aromatic rings. The lowest BCUT2D eigenvalue weighted by molar-refractivity contribution is 0.189. The minimum absolute atomic E-state index is 0.355. The van der Waals surface area contributed by atoms with Gasteiger partial charge >= 0.3 is 0 Å². The molecule has 2 aliphatic heterocycles. The molecule has 2 aliphatic rings. The maximum atomic E-state index is 11.6. The number of aliphatic imine (C=N–C) groups is 1. The fourth-order valence-electron chi connectivity index (χ4n) is 2.25.